The Bertz CT molecular complexity index is 582. The van der Waals surface area contributed by atoms with Crippen molar-refractivity contribution in [2.75, 3.05) is 0 Å². The van der Waals surface area contributed by atoms with Crippen LogP contribution in [0.4, 0.5) is 0 Å². The fraction of sp³-hybridized carbons (Fsp3) is 0.278. The van der Waals surface area contributed by atoms with Gasteiger partial charge in [-0.1, -0.05) is 54.6 Å². The Morgan fingerprint density at radius 2 is 1.55 bits per heavy atom. The summed E-state index contributed by atoms with van der Waals surface area (Å²) in [5, 5.41) is 2.97. The fourth-order valence-electron chi connectivity index (χ4n) is 2.27. The molecular weight excluding hydrogens is 296 g/mol. The molecular formula is C18H23ClN2O. The molecule has 0 heterocycles. The van der Waals surface area contributed by atoms with E-state index in [4.69, 9.17) is 5.73 Å². The maximum Gasteiger partial charge on any atom is 0.222 e. The molecule has 0 aliphatic heterocycles. The van der Waals surface area contributed by atoms with Crippen LogP contribution in [-0.4, -0.2) is 11.9 Å². The summed E-state index contributed by atoms with van der Waals surface area (Å²) < 4.78 is 0. The smallest absolute Gasteiger partial charge is 0.222 e. The van der Waals surface area contributed by atoms with E-state index < -0.39 is 0 Å². The molecule has 3 N–H and O–H groups in total. The molecule has 2 rings (SSSR count). The van der Waals surface area contributed by atoms with Crippen molar-refractivity contribution in [2.24, 2.45) is 5.73 Å². The molecule has 0 saturated carbocycles. The topological polar surface area (TPSA) is 55.1 Å². The van der Waals surface area contributed by atoms with Gasteiger partial charge in [-0.15, -0.1) is 12.4 Å². The first-order chi connectivity index (χ1) is 10.1. The highest BCUT2D eigenvalue weighted by Crippen LogP contribution is 2.21. The van der Waals surface area contributed by atoms with Gasteiger partial charge in [-0.25, -0.2) is 0 Å². The predicted molar refractivity (Wildman–Crippen MR) is 94.0 cm³/mol. The van der Waals surface area contributed by atoms with Crippen molar-refractivity contribution in [3.63, 3.8) is 0 Å². The predicted octanol–water partition coefficient (Wildman–Crippen LogP) is 3.69. The van der Waals surface area contributed by atoms with Crippen LogP contribution < -0.4 is 11.1 Å². The average molecular weight is 319 g/mol. The van der Waals surface area contributed by atoms with Gasteiger partial charge < -0.3 is 11.1 Å². The lowest BCUT2D eigenvalue weighted by Gasteiger charge is -2.15. The number of carbonyl (C=O) groups excluding carboxylic acids is 1. The third-order valence-corrected chi connectivity index (χ3v) is 3.40. The quantitative estimate of drug-likeness (QED) is 0.883. The summed E-state index contributed by atoms with van der Waals surface area (Å²) in [7, 11) is 0. The number of benzene rings is 2. The standard InChI is InChI=1S/C18H22N2O.ClH/c1-13(19)12-18(21)20-14(2)15-8-10-17(11-9-15)16-6-4-3-5-7-16;/h3-11,13-14H,12,19H2,1-2H3,(H,20,21);1H. The van der Waals surface area contributed by atoms with Crippen molar-refractivity contribution in [2.45, 2.75) is 32.4 Å². The largest absolute Gasteiger partial charge is 0.350 e. The van der Waals surface area contributed by atoms with Crippen LogP contribution in [0.1, 0.15) is 31.9 Å². The van der Waals surface area contributed by atoms with Gasteiger partial charge in [0.15, 0.2) is 0 Å². The fourth-order valence-corrected chi connectivity index (χ4v) is 2.27. The van der Waals surface area contributed by atoms with Crippen LogP contribution in [-0.2, 0) is 4.79 Å². The van der Waals surface area contributed by atoms with E-state index in [9.17, 15) is 4.79 Å². The Kier molecular flexibility index (Phi) is 7.09. The first kappa shape index (κ1) is 18.2. The summed E-state index contributed by atoms with van der Waals surface area (Å²) >= 11 is 0. The van der Waals surface area contributed by atoms with Crippen LogP contribution in [0.25, 0.3) is 11.1 Å². The highest BCUT2D eigenvalue weighted by Gasteiger charge is 2.11. The minimum atomic E-state index is -0.113. The van der Waals surface area contributed by atoms with Gasteiger partial charge in [0, 0.05) is 12.5 Å². The van der Waals surface area contributed by atoms with Gasteiger partial charge in [-0.2, -0.15) is 0 Å². The summed E-state index contributed by atoms with van der Waals surface area (Å²) in [6.07, 6.45) is 0.354. The van der Waals surface area contributed by atoms with Crippen LogP contribution in [0.2, 0.25) is 0 Å². The third kappa shape index (κ3) is 5.17. The molecule has 0 aromatic heterocycles. The molecule has 0 aliphatic carbocycles. The first-order valence-corrected chi connectivity index (χ1v) is 7.26. The number of nitrogens with one attached hydrogen (secondary N) is 1. The van der Waals surface area contributed by atoms with Crippen LogP contribution in [0.5, 0.6) is 0 Å². The molecule has 2 aromatic rings. The number of carbonyl (C=O) groups is 1. The number of hydrogen-bond acceptors (Lipinski definition) is 2. The molecule has 4 heteroatoms. The number of rotatable bonds is 5. The zero-order valence-electron chi connectivity index (χ0n) is 13.0. The number of halogens is 1. The molecule has 0 aliphatic rings. The minimum Gasteiger partial charge on any atom is -0.350 e. The van der Waals surface area contributed by atoms with E-state index in [0.717, 1.165) is 5.56 Å². The lowest BCUT2D eigenvalue weighted by atomic mass is 10.0. The molecule has 0 radical (unpaired) electrons. The lowest BCUT2D eigenvalue weighted by Crippen LogP contribution is -2.31. The second kappa shape index (κ2) is 8.57. The Labute approximate surface area is 138 Å². The monoisotopic (exact) mass is 318 g/mol. The van der Waals surface area contributed by atoms with Crippen molar-refractivity contribution in [3.05, 3.63) is 60.2 Å². The van der Waals surface area contributed by atoms with Crippen LogP contribution in [0, 0.1) is 0 Å². The second-order valence-corrected chi connectivity index (χ2v) is 5.46. The molecule has 1 amide bonds. The molecule has 2 unspecified atom stereocenters. The number of hydrogen-bond donors (Lipinski definition) is 2. The maximum atomic E-state index is 11.7. The first-order valence-electron chi connectivity index (χ1n) is 7.26. The van der Waals surface area contributed by atoms with Crippen molar-refractivity contribution in [1.29, 1.82) is 0 Å². The molecule has 22 heavy (non-hydrogen) atoms. The van der Waals surface area contributed by atoms with Crippen LogP contribution >= 0.6 is 12.4 Å². The third-order valence-electron chi connectivity index (χ3n) is 3.40. The van der Waals surface area contributed by atoms with Crippen molar-refractivity contribution in [3.8, 4) is 11.1 Å². The van der Waals surface area contributed by atoms with E-state index in [0.29, 0.717) is 6.42 Å². The minimum absolute atomic E-state index is 0. The zero-order chi connectivity index (χ0) is 15.2. The molecule has 0 fully saturated rings. The van der Waals surface area contributed by atoms with Crippen molar-refractivity contribution >= 4 is 18.3 Å². The summed E-state index contributed by atoms with van der Waals surface area (Å²) in [6, 6.07) is 18.4. The highest BCUT2D eigenvalue weighted by atomic mass is 35.5. The van der Waals surface area contributed by atoms with Crippen molar-refractivity contribution in [1.82, 2.24) is 5.32 Å². The van der Waals surface area contributed by atoms with E-state index in [1.807, 2.05) is 32.0 Å². The number of nitrogens with two attached hydrogens (primary N) is 1. The van der Waals surface area contributed by atoms with Gasteiger partial charge in [0.1, 0.15) is 0 Å². The van der Waals surface area contributed by atoms with E-state index in [-0.39, 0.29) is 30.4 Å². The summed E-state index contributed by atoms with van der Waals surface area (Å²) in [5.74, 6) is -0.00960. The zero-order valence-corrected chi connectivity index (χ0v) is 13.8. The van der Waals surface area contributed by atoms with Gasteiger partial charge in [0.25, 0.3) is 0 Å². The molecule has 3 nitrogen and oxygen atoms in total. The van der Waals surface area contributed by atoms with E-state index >= 15 is 0 Å². The van der Waals surface area contributed by atoms with Gasteiger partial charge in [-0.05, 0) is 30.5 Å². The van der Waals surface area contributed by atoms with Gasteiger partial charge >= 0.3 is 0 Å². The maximum absolute atomic E-state index is 11.7. The Hall–Kier alpha value is -1.84. The molecule has 0 bridgehead atoms. The van der Waals surface area contributed by atoms with Gasteiger partial charge in [0.2, 0.25) is 5.91 Å². The SMILES string of the molecule is CC(N)CC(=O)NC(C)c1ccc(-c2ccccc2)cc1.Cl. The number of amides is 1. The summed E-state index contributed by atoms with van der Waals surface area (Å²) in [5.41, 5.74) is 9.09. The highest BCUT2D eigenvalue weighted by molar-refractivity contribution is 5.85. The summed E-state index contributed by atoms with van der Waals surface area (Å²) in [6.45, 7) is 3.81. The van der Waals surface area contributed by atoms with Crippen molar-refractivity contribution < 1.29 is 4.79 Å². The molecule has 0 saturated heterocycles. The Balaban J connectivity index is 0.00000242. The van der Waals surface area contributed by atoms with E-state index in [1.165, 1.54) is 11.1 Å². The lowest BCUT2D eigenvalue weighted by molar-refractivity contribution is -0.122. The Morgan fingerprint density at radius 1 is 1.00 bits per heavy atom. The van der Waals surface area contributed by atoms with Gasteiger partial charge in [0.05, 0.1) is 6.04 Å². The van der Waals surface area contributed by atoms with E-state index in [2.05, 4.69) is 41.7 Å². The molecule has 2 atom stereocenters. The van der Waals surface area contributed by atoms with E-state index in [1.54, 1.807) is 0 Å². The summed E-state index contributed by atoms with van der Waals surface area (Å²) in [4.78, 5) is 11.7. The molecule has 0 spiro atoms. The molecule has 118 valence electrons. The molecule has 2 aromatic carbocycles. The van der Waals surface area contributed by atoms with Crippen LogP contribution in [0.3, 0.4) is 0 Å². The Morgan fingerprint density at radius 3 is 2.09 bits per heavy atom. The van der Waals surface area contributed by atoms with Crippen LogP contribution in [0.15, 0.2) is 54.6 Å². The normalized spacial score (nSPS) is 12.9. The van der Waals surface area contributed by atoms with Gasteiger partial charge in [-0.3, -0.25) is 4.79 Å². The second-order valence-electron chi connectivity index (χ2n) is 5.46. The average Bonchev–Trinajstić information content (AvgIpc) is 2.47.